The van der Waals surface area contributed by atoms with Crippen molar-refractivity contribution < 1.29 is 18.7 Å². The summed E-state index contributed by atoms with van der Waals surface area (Å²) in [5, 5.41) is 0. The predicted molar refractivity (Wildman–Crippen MR) is 72.5 cm³/mol. The molecule has 1 aromatic rings. The Bertz CT molecular complexity index is 560. The van der Waals surface area contributed by atoms with Crippen LogP contribution in [0.2, 0.25) is 0 Å². The van der Waals surface area contributed by atoms with E-state index in [0.717, 1.165) is 5.76 Å². The van der Waals surface area contributed by atoms with Gasteiger partial charge in [0.2, 0.25) is 0 Å². The normalized spacial score (nSPS) is 34.3. The van der Waals surface area contributed by atoms with Gasteiger partial charge in [0.15, 0.2) is 5.90 Å². The summed E-state index contributed by atoms with van der Waals surface area (Å²) in [4.78, 5) is 16.7. The Morgan fingerprint density at radius 2 is 2.20 bits per heavy atom. The van der Waals surface area contributed by atoms with Crippen molar-refractivity contribution in [3.05, 3.63) is 24.2 Å². The molecule has 5 heteroatoms. The van der Waals surface area contributed by atoms with Crippen LogP contribution in [0.1, 0.15) is 32.4 Å². The van der Waals surface area contributed by atoms with Crippen LogP contribution < -0.4 is 0 Å². The first-order chi connectivity index (χ1) is 9.40. The first kappa shape index (κ1) is 13.2. The Kier molecular flexibility index (Phi) is 2.71. The maximum Gasteiger partial charge on any atom is 0.310 e. The molecule has 0 bridgehead atoms. The minimum absolute atomic E-state index is 0.0717. The van der Waals surface area contributed by atoms with Gasteiger partial charge in [0, 0.05) is 5.92 Å². The molecule has 3 atom stereocenters. The molecule has 0 amide bonds. The third kappa shape index (κ3) is 1.76. The standard InChI is InChI=1S/C15H19NO4/c1-14(2)8-20-13(16-14)15(3)10(9-6-5-7-19-9)11(15)12(17)18-4/h5-7,10-11H,8H2,1-4H3/t10-,11+,15-/m1/s1. The number of furan rings is 1. The summed E-state index contributed by atoms with van der Waals surface area (Å²) < 4.78 is 16.1. The van der Waals surface area contributed by atoms with E-state index in [9.17, 15) is 4.79 Å². The van der Waals surface area contributed by atoms with E-state index < -0.39 is 5.41 Å². The number of nitrogens with zero attached hydrogens (tertiary/aromatic N) is 1. The zero-order valence-corrected chi connectivity index (χ0v) is 12.2. The van der Waals surface area contributed by atoms with Crippen molar-refractivity contribution in [2.75, 3.05) is 13.7 Å². The van der Waals surface area contributed by atoms with Gasteiger partial charge in [0.25, 0.3) is 0 Å². The Morgan fingerprint density at radius 1 is 1.45 bits per heavy atom. The van der Waals surface area contributed by atoms with Gasteiger partial charge in [0.05, 0.1) is 30.2 Å². The minimum Gasteiger partial charge on any atom is -0.478 e. The number of aliphatic imine (C=N–C) groups is 1. The first-order valence-electron chi connectivity index (χ1n) is 6.74. The molecule has 2 heterocycles. The maximum atomic E-state index is 12.0. The van der Waals surface area contributed by atoms with Gasteiger partial charge in [-0.2, -0.15) is 0 Å². The molecule has 5 nitrogen and oxygen atoms in total. The summed E-state index contributed by atoms with van der Waals surface area (Å²) in [5.41, 5.74) is -0.714. The third-order valence-corrected chi connectivity index (χ3v) is 4.25. The van der Waals surface area contributed by atoms with Crippen LogP contribution in [0, 0.1) is 11.3 Å². The first-order valence-corrected chi connectivity index (χ1v) is 6.74. The van der Waals surface area contributed by atoms with Crippen LogP contribution in [0.5, 0.6) is 0 Å². The smallest absolute Gasteiger partial charge is 0.310 e. The molecule has 0 saturated heterocycles. The lowest BCUT2D eigenvalue weighted by molar-refractivity contribution is -0.142. The van der Waals surface area contributed by atoms with Crippen molar-refractivity contribution in [2.45, 2.75) is 32.2 Å². The van der Waals surface area contributed by atoms with Gasteiger partial charge < -0.3 is 13.9 Å². The summed E-state index contributed by atoms with van der Waals surface area (Å²) in [7, 11) is 1.40. The van der Waals surface area contributed by atoms with Crippen LogP contribution in [0.25, 0.3) is 0 Å². The van der Waals surface area contributed by atoms with E-state index in [0.29, 0.717) is 12.5 Å². The molecular formula is C15H19NO4. The molecule has 0 spiro atoms. The number of hydrogen-bond acceptors (Lipinski definition) is 5. The number of carbonyl (C=O) groups excluding carboxylic acids is 1. The number of rotatable bonds is 3. The van der Waals surface area contributed by atoms with E-state index >= 15 is 0 Å². The second-order valence-corrected chi connectivity index (χ2v) is 6.29. The van der Waals surface area contributed by atoms with E-state index in [1.165, 1.54) is 7.11 Å². The Hall–Kier alpha value is -1.78. The summed E-state index contributed by atoms with van der Waals surface area (Å²) in [5.74, 6) is 0.798. The van der Waals surface area contributed by atoms with Gasteiger partial charge in [-0.05, 0) is 32.9 Å². The monoisotopic (exact) mass is 277 g/mol. The SMILES string of the molecule is COC(=O)[C@@H]1[C@@H](c2ccco2)[C@@]1(C)C1=NC(C)(C)CO1. The highest BCUT2D eigenvalue weighted by Gasteiger charge is 2.72. The van der Waals surface area contributed by atoms with Gasteiger partial charge in [0.1, 0.15) is 12.4 Å². The highest BCUT2D eigenvalue weighted by atomic mass is 16.5. The highest BCUT2D eigenvalue weighted by molar-refractivity contribution is 5.97. The van der Waals surface area contributed by atoms with Crippen LogP contribution in [0.4, 0.5) is 0 Å². The molecule has 0 aromatic carbocycles. The number of methoxy groups -OCH3 is 1. The van der Waals surface area contributed by atoms with E-state index in [1.54, 1.807) is 6.26 Å². The molecule has 1 aromatic heterocycles. The zero-order chi connectivity index (χ0) is 14.5. The Labute approximate surface area is 118 Å². The lowest BCUT2D eigenvalue weighted by Crippen LogP contribution is -2.19. The van der Waals surface area contributed by atoms with Crippen molar-refractivity contribution >= 4 is 11.9 Å². The molecule has 108 valence electrons. The molecule has 0 unspecified atom stereocenters. The van der Waals surface area contributed by atoms with Crippen molar-refractivity contribution in [3.8, 4) is 0 Å². The molecule has 0 N–H and O–H groups in total. The highest BCUT2D eigenvalue weighted by Crippen LogP contribution is 2.66. The Morgan fingerprint density at radius 3 is 2.70 bits per heavy atom. The number of hydrogen-bond donors (Lipinski definition) is 0. The summed E-state index contributed by atoms with van der Waals surface area (Å²) in [6, 6.07) is 3.70. The molecule has 1 aliphatic heterocycles. The topological polar surface area (TPSA) is 61.0 Å². The van der Waals surface area contributed by atoms with Gasteiger partial charge in [-0.15, -0.1) is 0 Å². The van der Waals surface area contributed by atoms with Gasteiger partial charge in [-0.1, -0.05) is 0 Å². The van der Waals surface area contributed by atoms with Crippen molar-refractivity contribution in [3.63, 3.8) is 0 Å². The van der Waals surface area contributed by atoms with E-state index in [1.807, 2.05) is 32.9 Å². The molecular weight excluding hydrogens is 258 g/mol. The average molecular weight is 277 g/mol. The van der Waals surface area contributed by atoms with Gasteiger partial charge >= 0.3 is 5.97 Å². The number of ether oxygens (including phenoxy) is 2. The van der Waals surface area contributed by atoms with Crippen LogP contribution in [0.3, 0.4) is 0 Å². The molecule has 0 radical (unpaired) electrons. The Balaban J connectivity index is 1.96. The van der Waals surface area contributed by atoms with Crippen LogP contribution in [0.15, 0.2) is 27.8 Å². The van der Waals surface area contributed by atoms with E-state index in [4.69, 9.17) is 13.9 Å². The van der Waals surface area contributed by atoms with Crippen LogP contribution >= 0.6 is 0 Å². The molecule has 2 aliphatic rings. The third-order valence-electron chi connectivity index (χ3n) is 4.25. The van der Waals surface area contributed by atoms with E-state index in [2.05, 4.69) is 4.99 Å². The molecule has 20 heavy (non-hydrogen) atoms. The second-order valence-electron chi connectivity index (χ2n) is 6.29. The second kappa shape index (κ2) is 4.11. The van der Waals surface area contributed by atoms with Crippen LogP contribution in [-0.4, -0.2) is 31.1 Å². The fourth-order valence-corrected chi connectivity index (χ4v) is 3.08. The molecule has 1 fully saturated rings. The number of esters is 1. The van der Waals surface area contributed by atoms with Gasteiger partial charge in [-0.25, -0.2) is 4.99 Å². The largest absolute Gasteiger partial charge is 0.478 e. The molecule has 1 saturated carbocycles. The zero-order valence-electron chi connectivity index (χ0n) is 12.2. The molecule has 3 rings (SSSR count). The summed E-state index contributed by atoms with van der Waals surface area (Å²) >= 11 is 0. The average Bonchev–Trinajstić information content (AvgIpc) is 2.80. The van der Waals surface area contributed by atoms with Crippen molar-refractivity contribution in [2.24, 2.45) is 16.3 Å². The predicted octanol–water partition coefficient (Wildman–Crippen LogP) is 2.38. The fraction of sp³-hybridized carbons (Fsp3) is 0.600. The van der Waals surface area contributed by atoms with Gasteiger partial charge in [-0.3, -0.25) is 4.79 Å². The minimum atomic E-state index is -0.473. The fourth-order valence-electron chi connectivity index (χ4n) is 3.08. The lowest BCUT2D eigenvalue weighted by Gasteiger charge is -2.10. The van der Waals surface area contributed by atoms with Crippen molar-refractivity contribution in [1.82, 2.24) is 0 Å². The van der Waals surface area contributed by atoms with Crippen LogP contribution in [-0.2, 0) is 14.3 Å². The summed E-state index contributed by atoms with van der Waals surface area (Å²) in [6.07, 6.45) is 1.61. The number of carbonyl (C=O) groups is 1. The van der Waals surface area contributed by atoms with Crippen molar-refractivity contribution in [1.29, 1.82) is 0 Å². The summed E-state index contributed by atoms with van der Waals surface area (Å²) in [6.45, 7) is 6.56. The van der Waals surface area contributed by atoms with E-state index in [-0.39, 0.29) is 23.3 Å². The quantitative estimate of drug-likeness (QED) is 0.796. The maximum absolute atomic E-state index is 12.0. The molecule has 1 aliphatic carbocycles. The lowest BCUT2D eigenvalue weighted by atomic mass is 10.0.